The summed E-state index contributed by atoms with van der Waals surface area (Å²) in [6, 6.07) is 4.39. The van der Waals surface area contributed by atoms with E-state index in [4.69, 9.17) is 12.1 Å². The fraction of sp³-hybridized carbons (Fsp3) is 0.250. The molecule has 0 aliphatic heterocycles. The molecule has 1 rings (SSSR count). The number of halogens is 1. The molecule has 0 N–H and O–H groups in total. The maximum absolute atomic E-state index is 8.66. The van der Waals surface area contributed by atoms with E-state index >= 15 is 0 Å². The summed E-state index contributed by atoms with van der Waals surface area (Å²) >= 11 is 3.07. The lowest BCUT2D eigenvalue weighted by molar-refractivity contribution is 1.02. The van der Waals surface area contributed by atoms with Crippen LogP contribution >= 0.6 is 15.9 Å². The Hall–Kier alpha value is -0.880. The number of nitrogens with zero attached hydrogens (tertiary/aromatic N) is 2. The van der Waals surface area contributed by atoms with E-state index in [9.17, 15) is 0 Å². The van der Waals surface area contributed by atoms with Crippen LogP contribution in [0.5, 0.6) is 0 Å². The summed E-state index contributed by atoms with van der Waals surface area (Å²) in [5.41, 5.74) is -0.309. The van der Waals surface area contributed by atoms with Gasteiger partial charge in [0.25, 0.3) is 0 Å². The highest BCUT2D eigenvalue weighted by Crippen LogP contribution is 2.12. The van der Waals surface area contributed by atoms with Gasteiger partial charge in [-0.15, -0.1) is 0 Å². The second kappa shape index (κ2) is 3.49. The van der Waals surface area contributed by atoms with Crippen LogP contribution in [-0.4, -0.2) is 4.98 Å². The lowest BCUT2D eigenvalue weighted by Crippen LogP contribution is -1.90. The molecule has 0 spiro atoms. The molecule has 0 amide bonds. The summed E-state index contributed by atoms with van der Waals surface area (Å²) in [5.74, 6) is 0. The van der Waals surface area contributed by atoms with Gasteiger partial charge in [0.1, 0.15) is 11.8 Å². The van der Waals surface area contributed by atoms with Crippen molar-refractivity contribution < 1.29 is 6.85 Å². The van der Waals surface area contributed by atoms with Gasteiger partial charge in [0, 0.05) is 17.0 Å². The minimum absolute atomic E-state index is 0.0301. The van der Waals surface area contributed by atoms with E-state index < -0.39 is 13.2 Å². The van der Waals surface area contributed by atoms with Crippen molar-refractivity contribution in [1.82, 2.24) is 4.98 Å². The van der Waals surface area contributed by atoms with Crippen LogP contribution in [0.3, 0.4) is 0 Å². The number of nitriles is 1. The van der Waals surface area contributed by atoms with Gasteiger partial charge in [0.2, 0.25) is 0 Å². The van der Waals surface area contributed by atoms with Crippen LogP contribution in [0.1, 0.15) is 25.1 Å². The van der Waals surface area contributed by atoms with E-state index in [1.54, 1.807) is 6.07 Å². The summed E-state index contributed by atoms with van der Waals surface area (Å²) in [6.07, 6.45) is -2.58. The Balaban J connectivity index is 3.35. The first kappa shape index (κ1) is 3.68. The maximum atomic E-state index is 8.66. The van der Waals surface area contributed by atoms with E-state index in [1.165, 1.54) is 12.1 Å². The number of aromatic nitrogens is 1. The molecule has 0 aliphatic rings. The van der Waals surface area contributed by atoms with Gasteiger partial charge >= 0.3 is 0 Å². The molecule has 0 aliphatic carbocycles. The number of hydrogen-bond donors (Lipinski definition) is 0. The average Bonchev–Trinajstić information content (AvgIpc) is 2.15. The van der Waals surface area contributed by atoms with E-state index in [-0.39, 0.29) is 11.4 Å². The maximum Gasteiger partial charge on any atom is 0.141 e. The zero-order valence-corrected chi connectivity index (χ0v) is 7.01. The second-order valence-corrected chi connectivity index (χ2v) is 2.71. The molecule has 0 unspecified atom stereocenters. The Morgan fingerprint density at radius 2 is 2.73 bits per heavy atom. The van der Waals surface area contributed by atoms with Crippen LogP contribution in [-0.2, 0) is 6.37 Å². The smallest absolute Gasteiger partial charge is 0.141 e. The minimum Gasteiger partial charge on any atom is -0.242 e. The van der Waals surface area contributed by atoms with Gasteiger partial charge in [0.15, 0.2) is 0 Å². The Bertz CT molecular complexity index is 449. The van der Waals surface area contributed by atoms with Gasteiger partial charge in [-0.1, -0.05) is 22.8 Å². The van der Waals surface area contributed by atoms with Crippen molar-refractivity contribution in [2.75, 3.05) is 0 Å². The molecule has 1 heterocycles. The third kappa shape index (κ3) is 2.02. The molecule has 11 heavy (non-hydrogen) atoms. The van der Waals surface area contributed by atoms with Crippen LogP contribution in [0.4, 0.5) is 0 Å². The highest BCUT2D eigenvalue weighted by molar-refractivity contribution is 9.10. The van der Waals surface area contributed by atoms with Gasteiger partial charge < -0.3 is 0 Å². The molecule has 0 aromatic carbocycles. The summed E-state index contributed by atoms with van der Waals surface area (Å²) in [4.78, 5) is 3.66. The summed E-state index contributed by atoms with van der Waals surface area (Å²) in [6.45, 7) is -2.83. The number of hydrogen-bond acceptors (Lipinski definition) is 2. The fourth-order valence-electron chi connectivity index (χ4n) is 0.619. The van der Waals surface area contributed by atoms with Crippen molar-refractivity contribution in [3.63, 3.8) is 0 Å². The minimum atomic E-state index is -2.83. The fourth-order valence-corrected chi connectivity index (χ4v) is 1.05. The van der Waals surface area contributed by atoms with Crippen molar-refractivity contribution in [1.29, 1.82) is 5.26 Å². The predicted molar refractivity (Wildman–Crippen MR) is 46.0 cm³/mol. The number of rotatable bonds is 1. The molecule has 1 aromatic heterocycles. The molecule has 2 nitrogen and oxygen atoms in total. The van der Waals surface area contributed by atoms with Gasteiger partial charge in [-0.05, 0) is 18.5 Å². The molecule has 56 valence electrons. The van der Waals surface area contributed by atoms with Gasteiger partial charge in [0.05, 0.1) is 0 Å². The quantitative estimate of drug-likeness (QED) is 0.721. The van der Waals surface area contributed by atoms with Gasteiger partial charge in [-0.3, -0.25) is 0 Å². The van der Waals surface area contributed by atoms with E-state index in [0.717, 1.165) is 0 Å². The summed E-state index contributed by atoms with van der Waals surface area (Å²) in [5, 5.41) is 8.66. The molecular formula is C8H7BrN2. The van der Waals surface area contributed by atoms with Crippen LogP contribution in [0.15, 0.2) is 16.6 Å². The number of pyridine rings is 1. The van der Waals surface area contributed by atoms with Gasteiger partial charge in [-0.2, -0.15) is 5.26 Å². The van der Waals surface area contributed by atoms with Crippen molar-refractivity contribution in [3.8, 4) is 6.07 Å². The molecule has 0 atom stereocenters. The molecule has 0 fully saturated rings. The highest BCUT2D eigenvalue weighted by atomic mass is 79.9. The first-order valence-electron chi connectivity index (χ1n) is 5.26. The van der Waals surface area contributed by atoms with E-state index in [0.29, 0.717) is 4.47 Å². The van der Waals surface area contributed by atoms with Crippen LogP contribution < -0.4 is 0 Å². The van der Waals surface area contributed by atoms with Crippen molar-refractivity contribution in [2.45, 2.75) is 13.2 Å². The predicted octanol–water partition coefficient (Wildman–Crippen LogP) is 2.28. The molecule has 0 radical (unpaired) electrons. The van der Waals surface area contributed by atoms with Crippen LogP contribution in [0.2, 0.25) is 0 Å². The molecular weight excluding hydrogens is 204 g/mol. The zero-order valence-electron chi connectivity index (χ0n) is 10.4. The molecule has 1 aromatic rings. The second-order valence-electron chi connectivity index (χ2n) is 1.79. The third-order valence-electron chi connectivity index (χ3n) is 1.03. The normalized spacial score (nSPS) is 18.4. The first-order chi connectivity index (χ1) is 7.18. The Labute approximate surface area is 81.0 Å². The van der Waals surface area contributed by atoms with Crippen LogP contribution in [0, 0.1) is 11.3 Å². The largest absolute Gasteiger partial charge is 0.242 e. The Kier molecular flexibility index (Phi) is 1.17. The van der Waals surface area contributed by atoms with Gasteiger partial charge in [-0.25, -0.2) is 4.98 Å². The van der Waals surface area contributed by atoms with Crippen molar-refractivity contribution >= 4 is 15.9 Å². The Morgan fingerprint density at radius 3 is 3.36 bits per heavy atom. The number of aryl methyl sites for hydroxylation is 1. The summed E-state index contributed by atoms with van der Waals surface area (Å²) < 4.78 is 36.7. The average molecular weight is 216 g/mol. The molecule has 3 heteroatoms. The topological polar surface area (TPSA) is 36.7 Å². The molecule has 0 saturated heterocycles. The monoisotopic (exact) mass is 215 g/mol. The Morgan fingerprint density at radius 1 is 1.91 bits per heavy atom. The van der Waals surface area contributed by atoms with E-state index in [2.05, 4.69) is 20.9 Å². The zero-order chi connectivity index (χ0) is 12.6. The van der Waals surface area contributed by atoms with Crippen molar-refractivity contribution in [3.05, 3.63) is 28.0 Å². The lowest BCUT2D eigenvalue weighted by Gasteiger charge is -1.96. The van der Waals surface area contributed by atoms with Crippen LogP contribution in [0.25, 0.3) is 0 Å². The molecule has 0 bridgehead atoms. The standard InChI is InChI=1S/C8H7BrN2/c1-2-7-3-6(9)4-8(5-10)11-7/h3-4H,2H2,1H3/i1D3,2D2. The lowest BCUT2D eigenvalue weighted by atomic mass is 10.3. The molecule has 0 saturated carbocycles. The highest BCUT2D eigenvalue weighted by Gasteiger charge is 1.97. The SMILES string of the molecule is [2H]C([2H])([2H])C([2H])([2H])c1cc(Br)cc(C#N)n1. The summed E-state index contributed by atoms with van der Waals surface area (Å²) in [7, 11) is 0. The first-order valence-corrected chi connectivity index (χ1v) is 3.56. The van der Waals surface area contributed by atoms with Crippen molar-refractivity contribution in [2.24, 2.45) is 0 Å². The van der Waals surface area contributed by atoms with E-state index in [1.807, 2.05) is 0 Å². The third-order valence-corrected chi connectivity index (χ3v) is 1.49.